The normalized spacial score (nSPS) is 29.8. The van der Waals surface area contributed by atoms with Crippen LogP contribution in [0.3, 0.4) is 0 Å². The predicted octanol–water partition coefficient (Wildman–Crippen LogP) is 3.57. The third kappa shape index (κ3) is 2.13. The van der Waals surface area contributed by atoms with Crippen molar-refractivity contribution in [2.24, 2.45) is 17.8 Å². The van der Waals surface area contributed by atoms with E-state index in [-0.39, 0.29) is 5.91 Å². The minimum atomic E-state index is 0.228. The lowest BCUT2D eigenvalue weighted by Crippen LogP contribution is -2.16. The van der Waals surface area contributed by atoms with E-state index >= 15 is 0 Å². The number of rotatable bonds is 3. The molecule has 2 saturated carbocycles. The number of amides is 1. The number of alkyl halides is 1. The Bertz CT molecular complexity index is 418. The molecule has 2 unspecified atom stereocenters. The molecule has 0 heterocycles. The Hall–Kier alpha value is -0.830. The SMILES string of the molecule is O=C(Nc1ccc(CBr)cc1)C1C2CCCC21. The highest BCUT2D eigenvalue weighted by atomic mass is 79.9. The lowest BCUT2D eigenvalue weighted by Gasteiger charge is -2.07. The number of halogens is 1. The number of benzene rings is 1. The van der Waals surface area contributed by atoms with E-state index in [9.17, 15) is 4.79 Å². The topological polar surface area (TPSA) is 29.1 Å². The molecule has 3 heteroatoms. The molecule has 0 aliphatic heterocycles. The molecule has 3 rings (SSSR count). The lowest BCUT2D eigenvalue weighted by atomic mass is 10.1. The molecule has 0 aromatic heterocycles. The molecule has 0 spiro atoms. The molecule has 90 valence electrons. The molecule has 1 aromatic carbocycles. The summed E-state index contributed by atoms with van der Waals surface area (Å²) in [4.78, 5) is 12.0. The van der Waals surface area contributed by atoms with Crippen molar-refractivity contribution in [2.45, 2.75) is 24.6 Å². The van der Waals surface area contributed by atoms with Crippen LogP contribution in [-0.4, -0.2) is 5.91 Å². The van der Waals surface area contributed by atoms with E-state index < -0.39 is 0 Å². The van der Waals surface area contributed by atoms with E-state index in [0.29, 0.717) is 17.8 Å². The number of hydrogen-bond donors (Lipinski definition) is 1. The first-order valence-corrected chi connectivity index (χ1v) is 7.37. The smallest absolute Gasteiger partial charge is 0.228 e. The van der Waals surface area contributed by atoms with Crippen LogP contribution >= 0.6 is 15.9 Å². The molecule has 0 bridgehead atoms. The quantitative estimate of drug-likeness (QED) is 0.848. The molecule has 17 heavy (non-hydrogen) atoms. The van der Waals surface area contributed by atoms with Gasteiger partial charge in [-0.25, -0.2) is 0 Å². The Morgan fingerprint density at radius 3 is 2.47 bits per heavy atom. The van der Waals surface area contributed by atoms with Gasteiger partial charge in [0.2, 0.25) is 5.91 Å². The Balaban J connectivity index is 1.61. The molecule has 1 amide bonds. The zero-order valence-electron chi connectivity index (χ0n) is 9.66. The molecular weight excluding hydrogens is 278 g/mol. The first kappa shape index (κ1) is 11.3. The van der Waals surface area contributed by atoms with Crippen LogP contribution in [0.4, 0.5) is 5.69 Å². The summed E-state index contributed by atoms with van der Waals surface area (Å²) in [7, 11) is 0. The van der Waals surface area contributed by atoms with Crippen molar-refractivity contribution in [1.29, 1.82) is 0 Å². The molecule has 2 aliphatic rings. The van der Waals surface area contributed by atoms with Gasteiger partial charge in [-0.3, -0.25) is 4.79 Å². The molecule has 1 aromatic rings. The zero-order valence-corrected chi connectivity index (χ0v) is 11.2. The van der Waals surface area contributed by atoms with E-state index in [0.717, 1.165) is 11.0 Å². The maximum atomic E-state index is 12.0. The average molecular weight is 294 g/mol. The van der Waals surface area contributed by atoms with Gasteiger partial charge in [-0.1, -0.05) is 34.5 Å². The number of hydrogen-bond acceptors (Lipinski definition) is 1. The highest BCUT2D eigenvalue weighted by Crippen LogP contribution is 2.57. The Labute approximate surface area is 110 Å². The fourth-order valence-corrected chi connectivity index (χ4v) is 3.49. The van der Waals surface area contributed by atoms with Crippen molar-refractivity contribution < 1.29 is 4.79 Å². The monoisotopic (exact) mass is 293 g/mol. The molecule has 0 radical (unpaired) electrons. The number of carbonyl (C=O) groups excluding carboxylic acids is 1. The first-order valence-electron chi connectivity index (χ1n) is 6.25. The summed E-state index contributed by atoms with van der Waals surface area (Å²) < 4.78 is 0. The van der Waals surface area contributed by atoms with E-state index in [4.69, 9.17) is 0 Å². The van der Waals surface area contributed by atoms with E-state index in [1.54, 1.807) is 0 Å². The van der Waals surface area contributed by atoms with Crippen molar-refractivity contribution in [2.75, 3.05) is 5.32 Å². The fourth-order valence-electron chi connectivity index (χ4n) is 3.11. The highest BCUT2D eigenvalue weighted by molar-refractivity contribution is 9.08. The van der Waals surface area contributed by atoms with Gasteiger partial charge in [0, 0.05) is 16.9 Å². The molecule has 2 fully saturated rings. The second-order valence-corrected chi connectivity index (χ2v) is 5.66. The van der Waals surface area contributed by atoms with Gasteiger partial charge in [0.05, 0.1) is 0 Å². The molecule has 2 atom stereocenters. The summed E-state index contributed by atoms with van der Waals surface area (Å²) in [5.74, 6) is 1.92. The van der Waals surface area contributed by atoms with Crippen LogP contribution in [0.15, 0.2) is 24.3 Å². The molecular formula is C14H16BrNO. The Morgan fingerprint density at radius 1 is 1.24 bits per heavy atom. The van der Waals surface area contributed by atoms with Crippen LogP contribution in [-0.2, 0) is 10.1 Å². The highest BCUT2D eigenvalue weighted by Gasteiger charge is 2.56. The third-order valence-electron chi connectivity index (χ3n) is 4.09. The van der Waals surface area contributed by atoms with Crippen molar-refractivity contribution >= 4 is 27.5 Å². The van der Waals surface area contributed by atoms with Gasteiger partial charge >= 0.3 is 0 Å². The number of anilines is 1. The summed E-state index contributed by atoms with van der Waals surface area (Å²) >= 11 is 3.41. The van der Waals surface area contributed by atoms with Crippen molar-refractivity contribution in [3.8, 4) is 0 Å². The van der Waals surface area contributed by atoms with Crippen LogP contribution in [0.25, 0.3) is 0 Å². The number of carbonyl (C=O) groups is 1. The largest absolute Gasteiger partial charge is 0.326 e. The van der Waals surface area contributed by atoms with Crippen LogP contribution < -0.4 is 5.32 Å². The predicted molar refractivity (Wildman–Crippen MR) is 72.0 cm³/mol. The van der Waals surface area contributed by atoms with Crippen LogP contribution in [0.5, 0.6) is 0 Å². The lowest BCUT2D eigenvalue weighted by molar-refractivity contribution is -0.118. The standard InChI is InChI=1S/C14H16BrNO/c15-8-9-4-6-10(7-5-9)16-14(17)13-11-2-1-3-12(11)13/h4-7,11-13H,1-3,8H2,(H,16,17). The van der Waals surface area contributed by atoms with Gasteiger partial charge in [-0.15, -0.1) is 0 Å². The summed E-state index contributed by atoms with van der Waals surface area (Å²) in [5.41, 5.74) is 2.15. The maximum absolute atomic E-state index is 12.0. The minimum Gasteiger partial charge on any atom is -0.326 e. The van der Waals surface area contributed by atoms with Gasteiger partial charge in [0.1, 0.15) is 0 Å². The maximum Gasteiger partial charge on any atom is 0.228 e. The summed E-state index contributed by atoms with van der Waals surface area (Å²) in [6.45, 7) is 0. The van der Waals surface area contributed by atoms with Crippen molar-refractivity contribution in [1.82, 2.24) is 0 Å². The van der Waals surface area contributed by atoms with Crippen LogP contribution in [0, 0.1) is 17.8 Å². The van der Waals surface area contributed by atoms with Crippen LogP contribution in [0.1, 0.15) is 24.8 Å². The third-order valence-corrected chi connectivity index (χ3v) is 4.73. The molecule has 0 saturated heterocycles. The van der Waals surface area contributed by atoms with Crippen molar-refractivity contribution in [3.05, 3.63) is 29.8 Å². The van der Waals surface area contributed by atoms with Gasteiger partial charge in [0.25, 0.3) is 0 Å². The van der Waals surface area contributed by atoms with Crippen LogP contribution in [0.2, 0.25) is 0 Å². The van der Waals surface area contributed by atoms with Crippen molar-refractivity contribution in [3.63, 3.8) is 0 Å². The number of nitrogens with one attached hydrogen (secondary N) is 1. The second kappa shape index (κ2) is 4.45. The molecule has 2 nitrogen and oxygen atoms in total. The van der Waals surface area contributed by atoms with Gasteiger partial charge in [-0.05, 0) is 42.4 Å². The summed E-state index contributed by atoms with van der Waals surface area (Å²) in [6, 6.07) is 8.04. The summed E-state index contributed by atoms with van der Waals surface area (Å²) in [6.07, 6.45) is 3.83. The van der Waals surface area contributed by atoms with E-state index in [1.807, 2.05) is 24.3 Å². The number of fused-ring (bicyclic) bond motifs is 1. The summed E-state index contributed by atoms with van der Waals surface area (Å²) in [5, 5.41) is 3.88. The van der Waals surface area contributed by atoms with E-state index in [2.05, 4.69) is 21.2 Å². The van der Waals surface area contributed by atoms with Gasteiger partial charge in [0.15, 0.2) is 0 Å². The Morgan fingerprint density at radius 2 is 1.88 bits per heavy atom. The second-order valence-electron chi connectivity index (χ2n) is 5.10. The first-order chi connectivity index (χ1) is 8.29. The zero-order chi connectivity index (χ0) is 11.8. The molecule has 1 N–H and O–H groups in total. The molecule has 2 aliphatic carbocycles. The Kier molecular flexibility index (Phi) is 2.95. The fraction of sp³-hybridized carbons (Fsp3) is 0.500. The van der Waals surface area contributed by atoms with Gasteiger partial charge < -0.3 is 5.32 Å². The average Bonchev–Trinajstić information content (AvgIpc) is 2.85. The van der Waals surface area contributed by atoms with E-state index in [1.165, 1.54) is 24.8 Å². The minimum absolute atomic E-state index is 0.228. The van der Waals surface area contributed by atoms with Gasteiger partial charge in [-0.2, -0.15) is 0 Å².